The van der Waals surface area contributed by atoms with Crippen molar-refractivity contribution < 1.29 is 49.1 Å². The molecule has 0 spiro atoms. The van der Waals surface area contributed by atoms with E-state index in [0.29, 0.717) is 0 Å². The Labute approximate surface area is 125 Å². The molecule has 0 bridgehead atoms. The molecule has 0 aliphatic heterocycles. The maximum atomic E-state index is 11.3. The SMILES string of the molecule is CC(COC(CC(=O)O)(OCC(=O)O)C(=O)O)C(C)C(=O)O. The fourth-order valence-corrected chi connectivity index (χ4v) is 1.37. The highest BCUT2D eigenvalue weighted by atomic mass is 16.7. The van der Waals surface area contributed by atoms with Gasteiger partial charge in [0.1, 0.15) is 13.0 Å². The lowest BCUT2D eigenvalue weighted by molar-refractivity contribution is -0.252. The molecule has 0 aromatic carbocycles. The first-order valence-electron chi connectivity index (χ1n) is 6.19. The molecule has 126 valence electrons. The van der Waals surface area contributed by atoms with E-state index in [1.165, 1.54) is 13.8 Å². The second-order valence-corrected chi connectivity index (χ2v) is 4.73. The fraction of sp³-hybridized carbons (Fsp3) is 0.667. The minimum absolute atomic E-state index is 0.438. The Hall–Kier alpha value is -2.20. The van der Waals surface area contributed by atoms with E-state index in [9.17, 15) is 19.2 Å². The number of rotatable bonds is 11. The Morgan fingerprint density at radius 1 is 0.955 bits per heavy atom. The summed E-state index contributed by atoms with van der Waals surface area (Å²) in [5, 5.41) is 35.3. The van der Waals surface area contributed by atoms with Gasteiger partial charge in [-0.15, -0.1) is 0 Å². The molecule has 0 aliphatic carbocycles. The lowest BCUT2D eigenvalue weighted by Crippen LogP contribution is -2.48. The van der Waals surface area contributed by atoms with Crippen LogP contribution in [0.15, 0.2) is 0 Å². The summed E-state index contributed by atoms with van der Waals surface area (Å²) >= 11 is 0. The van der Waals surface area contributed by atoms with Crippen LogP contribution in [0.4, 0.5) is 0 Å². The van der Waals surface area contributed by atoms with Crippen molar-refractivity contribution in [3.05, 3.63) is 0 Å². The second kappa shape index (κ2) is 8.29. The number of hydrogen-bond donors (Lipinski definition) is 4. The molecule has 0 amide bonds. The molecule has 0 heterocycles. The van der Waals surface area contributed by atoms with Crippen molar-refractivity contribution >= 4 is 23.9 Å². The molecule has 10 heteroatoms. The smallest absolute Gasteiger partial charge is 0.365 e. The van der Waals surface area contributed by atoms with Crippen LogP contribution < -0.4 is 0 Å². The fourth-order valence-electron chi connectivity index (χ4n) is 1.37. The maximum absolute atomic E-state index is 11.3. The number of carbonyl (C=O) groups is 4. The quantitative estimate of drug-likeness (QED) is 0.371. The first-order chi connectivity index (χ1) is 10.0. The van der Waals surface area contributed by atoms with Crippen LogP contribution in [0.2, 0.25) is 0 Å². The Bertz CT molecular complexity index is 445. The minimum Gasteiger partial charge on any atom is -0.481 e. The van der Waals surface area contributed by atoms with E-state index in [1.807, 2.05) is 0 Å². The van der Waals surface area contributed by atoms with Crippen LogP contribution in [-0.2, 0) is 28.7 Å². The van der Waals surface area contributed by atoms with Crippen LogP contribution in [0, 0.1) is 11.8 Å². The zero-order valence-electron chi connectivity index (χ0n) is 12.0. The number of aliphatic carboxylic acids is 4. The van der Waals surface area contributed by atoms with Crippen molar-refractivity contribution in [1.29, 1.82) is 0 Å². The van der Waals surface area contributed by atoms with E-state index < -0.39 is 61.1 Å². The van der Waals surface area contributed by atoms with Crippen molar-refractivity contribution in [2.45, 2.75) is 26.1 Å². The molecular weight excluding hydrogens is 304 g/mol. The normalized spacial score (nSPS) is 16.3. The van der Waals surface area contributed by atoms with Crippen LogP contribution in [0.1, 0.15) is 20.3 Å². The van der Waals surface area contributed by atoms with Crippen LogP contribution in [0.3, 0.4) is 0 Å². The molecule has 0 saturated carbocycles. The second-order valence-electron chi connectivity index (χ2n) is 4.73. The monoisotopic (exact) mass is 322 g/mol. The van der Waals surface area contributed by atoms with E-state index in [2.05, 4.69) is 4.74 Å². The first-order valence-corrected chi connectivity index (χ1v) is 6.19. The third-order valence-electron chi connectivity index (χ3n) is 2.96. The Morgan fingerprint density at radius 2 is 1.50 bits per heavy atom. The summed E-state index contributed by atoms with van der Waals surface area (Å²) in [4.78, 5) is 43.4. The summed E-state index contributed by atoms with van der Waals surface area (Å²) < 4.78 is 9.56. The summed E-state index contributed by atoms with van der Waals surface area (Å²) in [6.45, 7) is 1.31. The van der Waals surface area contributed by atoms with Gasteiger partial charge in [0.25, 0.3) is 5.79 Å². The molecule has 0 rings (SSSR count). The number of carboxylic acid groups (broad SMARTS) is 4. The lowest BCUT2D eigenvalue weighted by Gasteiger charge is -2.29. The van der Waals surface area contributed by atoms with Crippen molar-refractivity contribution in [3.8, 4) is 0 Å². The van der Waals surface area contributed by atoms with Gasteiger partial charge in [-0.2, -0.15) is 0 Å². The summed E-state index contributed by atoms with van der Waals surface area (Å²) in [5.41, 5.74) is 0. The third kappa shape index (κ3) is 6.06. The molecule has 0 aromatic heterocycles. The molecular formula is C12H18O10. The van der Waals surface area contributed by atoms with Gasteiger partial charge in [0.2, 0.25) is 0 Å². The first kappa shape index (κ1) is 19.8. The van der Waals surface area contributed by atoms with Gasteiger partial charge in [-0.25, -0.2) is 9.59 Å². The third-order valence-corrected chi connectivity index (χ3v) is 2.96. The van der Waals surface area contributed by atoms with Crippen LogP contribution >= 0.6 is 0 Å². The summed E-state index contributed by atoms with van der Waals surface area (Å²) in [7, 11) is 0. The van der Waals surface area contributed by atoms with Crippen molar-refractivity contribution in [1.82, 2.24) is 0 Å². The zero-order valence-corrected chi connectivity index (χ0v) is 12.0. The Kier molecular flexibility index (Phi) is 7.46. The van der Waals surface area contributed by atoms with Crippen molar-refractivity contribution in [2.75, 3.05) is 13.2 Å². The van der Waals surface area contributed by atoms with E-state index in [0.717, 1.165) is 0 Å². The molecule has 0 fully saturated rings. The van der Waals surface area contributed by atoms with Gasteiger partial charge in [-0.1, -0.05) is 13.8 Å². The number of hydrogen-bond acceptors (Lipinski definition) is 6. The van der Waals surface area contributed by atoms with E-state index in [-0.39, 0.29) is 0 Å². The number of carboxylic acids is 4. The van der Waals surface area contributed by atoms with Gasteiger partial charge in [-0.05, 0) is 5.92 Å². The highest BCUT2D eigenvalue weighted by Gasteiger charge is 2.45. The van der Waals surface area contributed by atoms with E-state index >= 15 is 0 Å². The predicted octanol–water partition coefficient (Wildman–Crippen LogP) is -0.283. The van der Waals surface area contributed by atoms with Gasteiger partial charge in [0.15, 0.2) is 0 Å². The molecule has 3 unspecified atom stereocenters. The molecule has 10 nitrogen and oxygen atoms in total. The maximum Gasteiger partial charge on any atom is 0.365 e. The summed E-state index contributed by atoms with van der Waals surface area (Å²) in [6.07, 6.45) is -1.14. The molecule has 0 radical (unpaired) electrons. The average molecular weight is 322 g/mol. The molecule has 3 atom stereocenters. The largest absolute Gasteiger partial charge is 0.481 e. The van der Waals surface area contributed by atoms with Gasteiger partial charge in [-0.3, -0.25) is 9.59 Å². The average Bonchev–Trinajstić information content (AvgIpc) is 2.39. The van der Waals surface area contributed by atoms with Crippen LogP contribution in [0.25, 0.3) is 0 Å². The van der Waals surface area contributed by atoms with Crippen molar-refractivity contribution in [3.63, 3.8) is 0 Å². The van der Waals surface area contributed by atoms with Crippen LogP contribution in [0.5, 0.6) is 0 Å². The highest BCUT2D eigenvalue weighted by molar-refractivity contribution is 5.83. The number of ether oxygens (including phenoxy) is 2. The van der Waals surface area contributed by atoms with Gasteiger partial charge < -0.3 is 29.9 Å². The Balaban J connectivity index is 5.12. The molecule has 4 N–H and O–H groups in total. The molecule has 0 saturated heterocycles. The zero-order chi connectivity index (χ0) is 17.5. The lowest BCUT2D eigenvalue weighted by atomic mass is 9.97. The highest BCUT2D eigenvalue weighted by Crippen LogP contribution is 2.22. The molecule has 0 aliphatic rings. The molecule has 0 aromatic rings. The van der Waals surface area contributed by atoms with Gasteiger partial charge >= 0.3 is 23.9 Å². The van der Waals surface area contributed by atoms with Crippen molar-refractivity contribution in [2.24, 2.45) is 11.8 Å². The standard InChI is InChI=1S/C12H18O10/c1-6(7(2)10(17)18)4-21-12(11(19)20,3-8(13)14)22-5-9(15)16/h6-7H,3-5H2,1-2H3,(H,13,14)(H,15,16)(H,17,18)(H,19,20). The van der Waals surface area contributed by atoms with E-state index in [1.54, 1.807) is 0 Å². The van der Waals surface area contributed by atoms with Gasteiger partial charge in [0, 0.05) is 0 Å². The minimum atomic E-state index is -2.70. The summed E-state index contributed by atoms with van der Waals surface area (Å²) in [6, 6.07) is 0. The molecule has 22 heavy (non-hydrogen) atoms. The van der Waals surface area contributed by atoms with E-state index in [4.69, 9.17) is 25.2 Å². The predicted molar refractivity (Wildman–Crippen MR) is 68.1 cm³/mol. The van der Waals surface area contributed by atoms with Gasteiger partial charge in [0.05, 0.1) is 12.5 Å². The summed E-state index contributed by atoms with van der Waals surface area (Å²) in [5.74, 6) is -10.3. The topological polar surface area (TPSA) is 168 Å². The van der Waals surface area contributed by atoms with Crippen LogP contribution in [-0.4, -0.2) is 63.3 Å². The Morgan fingerprint density at radius 3 is 1.86 bits per heavy atom.